The molecule has 0 aliphatic carbocycles. The highest BCUT2D eigenvalue weighted by Crippen LogP contribution is 2.33. The predicted octanol–water partition coefficient (Wildman–Crippen LogP) is 5.42. The van der Waals surface area contributed by atoms with Gasteiger partial charge in [-0.15, -0.1) is 5.10 Å². The lowest BCUT2D eigenvalue weighted by Crippen LogP contribution is -2.30. The summed E-state index contributed by atoms with van der Waals surface area (Å²) in [7, 11) is 0. The van der Waals surface area contributed by atoms with Crippen molar-refractivity contribution < 1.29 is 4.39 Å². The minimum absolute atomic E-state index is 0.0815. The Balaban J connectivity index is 1.75. The van der Waals surface area contributed by atoms with E-state index in [9.17, 15) is 9.65 Å². The molecule has 2 aromatic carbocycles. The number of nitrogens with zero attached hydrogens (tertiary/aromatic N) is 4. The zero-order valence-electron chi connectivity index (χ0n) is 17.7. The molecule has 0 spiro atoms. The molecule has 1 aliphatic rings. The number of piperidine rings is 1. The van der Waals surface area contributed by atoms with Gasteiger partial charge in [0, 0.05) is 23.9 Å². The van der Waals surface area contributed by atoms with Crippen molar-refractivity contribution in [1.82, 2.24) is 10.2 Å². The smallest absolute Gasteiger partial charge is 0.157 e. The first-order valence-electron chi connectivity index (χ1n) is 10.5. The number of aryl methyl sites for hydroxylation is 1. The van der Waals surface area contributed by atoms with Crippen molar-refractivity contribution in [2.45, 2.75) is 46.1 Å². The van der Waals surface area contributed by atoms with Crippen LogP contribution in [-0.4, -0.2) is 23.3 Å². The van der Waals surface area contributed by atoms with Crippen LogP contribution in [0.4, 0.5) is 15.9 Å². The first kappa shape index (κ1) is 20.1. The zero-order valence-corrected chi connectivity index (χ0v) is 17.7. The summed E-state index contributed by atoms with van der Waals surface area (Å²) in [5.74, 6) is 0.417. The fraction of sp³-hybridized carbons (Fsp3) is 0.375. The second-order valence-corrected chi connectivity index (χ2v) is 8.03. The largest absolute Gasteiger partial charge is 0.369 e. The highest BCUT2D eigenvalue weighted by atomic mass is 19.1. The number of hydrogen-bond donors (Lipinski definition) is 1. The van der Waals surface area contributed by atoms with Gasteiger partial charge in [-0.05, 0) is 69.4 Å². The summed E-state index contributed by atoms with van der Waals surface area (Å²) in [4.78, 5) is 2.13. The number of benzene rings is 2. The Morgan fingerprint density at radius 3 is 2.60 bits per heavy atom. The Morgan fingerprint density at radius 1 is 1.10 bits per heavy atom. The van der Waals surface area contributed by atoms with Gasteiger partial charge in [0.1, 0.15) is 5.82 Å². The second kappa shape index (κ2) is 8.27. The summed E-state index contributed by atoms with van der Waals surface area (Å²) in [6.45, 7) is 7.59. The van der Waals surface area contributed by atoms with Crippen molar-refractivity contribution in [3.63, 3.8) is 0 Å². The van der Waals surface area contributed by atoms with Gasteiger partial charge in [-0.3, -0.25) is 0 Å². The van der Waals surface area contributed by atoms with Crippen LogP contribution in [0.2, 0.25) is 0 Å². The standard InChI is InChI=1S/C24H26FN5/c1-15-18(14-26)8-7-9-19(15)16(2)27-24-21-13-23(30-10-5-4-6-11-30)22(25)12-20(21)17(3)28-29-24/h7-9,12-13,16H,4-6,10-11H2,1-3H3,(H,27,29)/t16-/m1/s1. The first-order chi connectivity index (χ1) is 14.5. The molecule has 1 fully saturated rings. The lowest BCUT2D eigenvalue weighted by molar-refractivity contribution is 0.557. The van der Waals surface area contributed by atoms with E-state index >= 15 is 0 Å². The Labute approximate surface area is 176 Å². The van der Waals surface area contributed by atoms with Crippen LogP contribution in [0, 0.1) is 31.0 Å². The van der Waals surface area contributed by atoms with Gasteiger partial charge in [-0.25, -0.2) is 4.39 Å². The van der Waals surface area contributed by atoms with Crippen LogP contribution in [0.15, 0.2) is 30.3 Å². The molecule has 0 amide bonds. The molecule has 0 saturated carbocycles. The van der Waals surface area contributed by atoms with E-state index in [1.165, 1.54) is 6.42 Å². The molecular formula is C24H26FN5. The van der Waals surface area contributed by atoms with Gasteiger partial charge in [0.05, 0.1) is 29.1 Å². The van der Waals surface area contributed by atoms with Crippen LogP contribution in [0.3, 0.4) is 0 Å². The number of fused-ring (bicyclic) bond motifs is 1. The molecule has 6 heteroatoms. The van der Waals surface area contributed by atoms with E-state index in [1.807, 2.05) is 45.0 Å². The maximum absolute atomic E-state index is 14.9. The number of halogens is 1. The summed E-state index contributed by atoms with van der Waals surface area (Å²) in [5.41, 5.74) is 3.98. The van der Waals surface area contributed by atoms with E-state index in [2.05, 4.69) is 26.5 Å². The molecule has 1 atom stereocenters. The third-order valence-electron chi connectivity index (χ3n) is 6.04. The van der Waals surface area contributed by atoms with E-state index in [4.69, 9.17) is 0 Å². The van der Waals surface area contributed by atoms with Crippen LogP contribution in [0.25, 0.3) is 10.8 Å². The van der Waals surface area contributed by atoms with Gasteiger partial charge in [0.2, 0.25) is 0 Å². The summed E-state index contributed by atoms with van der Waals surface area (Å²) < 4.78 is 14.9. The van der Waals surface area contributed by atoms with E-state index in [0.29, 0.717) is 22.8 Å². The van der Waals surface area contributed by atoms with E-state index in [-0.39, 0.29) is 11.9 Å². The highest BCUT2D eigenvalue weighted by Gasteiger charge is 2.19. The van der Waals surface area contributed by atoms with Crippen LogP contribution >= 0.6 is 0 Å². The number of aromatic nitrogens is 2. The molecule has 5 nitrogen and oxygen atoms in total. The van der Waals surface area contributed by atoms with Gasteiger partial charge in [0.25, 0.3) is 0 Å². The molecular weight excluding hydrogens is 377 g/mol. The summed E-state index contributed by atoms with van der Waals surface area (Å²) in [6, 6.07) is 11.4. The summed E-state index contributed by atoms with van der Waals surface area (Å²) >= 11 is 0. The van der Waals surface area contributed by atoms with E-state index in [1.54, 1.807) is 6.07 Å². The van der Waals surface area contributed by atoms with Gasteiger partial charge in [0.15, 0.2) is 5.82 Å². The minimum atomic E-state index is -0.211. The first-order valence-corrected chi connectivity index (χ1v) is 10.5. The van der Waals surface area contributed by atoms with Crippen molar-refractivity contribution in [2.75, 3.05) is 23.3 Å². The Hall–Kier alpha value is -3.20. The lowest BCUT2D eigenvalue weighted by Gasteiger charge is -2.29. The molecule has 4 rings (SSSR count). The van der Waals surface area contributed by atoms with Gasteiger partial charge < -0.3 is 10.2 Å². The molecule has 2 heterocycles. The fourth-order valence-electron chi connectivity index (χ4n) is 4.30. The number of hydrogen-bond acceptors (Lipinski definition) is 5. The maximum Gasteiger partial charge on any atom is 0.157 e. The third-order valence-corrected chi connectivity index (χ3v) is 6.04. The average Bonchev–Trinajstić information content (AvgIpc) is 2.76. The van der Waals surface area contributed by atoms with Crippen molar-refractivity contribution >= 4 is 22.3 Å². The molecule has 30 heavy (non-hydrogen) atoms. The number of rotatable bonds is 4. The highest BCUT2D eigenvalue weighted by molar-refractivity contribution is 5.95. The Morgan fingerprint density at radius 2 is 1.87 bits per heavy atom. The molecule has 1 N–H and O–H groups in total. The van der Waals surface area contributed by atoms with E-state index in [0.717, 1.165) is 47.8 Å². The second-order valence-electron chi connectivity index (χ2n) is 8.03. The third kappa shape index (κ3) is 3.68. The molecule has 3 aromatic rings. The van der Waals surface area contributed by atoms with Gasteiger partial charge in [-0.2, -0.15) is 10.4 Å². The minimum Gasteiger partial charge on any atom is -0.369 e. The summed E-state index contributed by atoms with van der Waals surface area (Å²) in [5, 5.41) is 23.1. The Bertz CT molecular complexity index is 1130. The number of nitrogens with one attached hydrogen (secondary N) is 1. The van der Waals surface area contributed by atoms with Gasteiger partial charge in [-0.1, -0.05) is 12.1 Å². The normalized spacial score (nSPS) is 15.1. The zero-order chi connectivity index (χ0) is 21.3. The van der Waals surface area contributed by atoms with Crippen LogP contribution in [0.1, 0.15) is 54.6 Å². The van der Waals surface area contributed by atoms with Crippen molar-refractivity contribution in [2.24, 2.45) is 0 Å². The van der Waals surface area contributed by atoms with Crippen LogP contribution < -0.4 is 10.2 Å². The molecule has 0 bridgehead atoms. The monoisotopic (exact) mass is 403 g/mol. The molecule has 0 radical (unpaired) electrons. The fourth-order valence-corrected chi connectivity index (χ4v) is 4.30. The van der Waals surface area contributed by atoms with E-state index < -0.39 is 0 Å². The SMILES string of the molecule is Cc1c(C#N)cccc1[C@@H](C)Nc1nnc(C)c2cc(F)c(N3CCCCC3)cc12. The molecule has 1 aromatic heterocycles. The maximum atomic E-state index is 14.9. The summed E-state index contributed by atoms with van der Waals surface area (Å²) in [6.07, 6.45) is 3.37. The number of anilines is 2. The molecule has 1 aliphatic heterocycles. The molecule has 154 valence electrons. The topological polar surface area (TPSA) is 64.8 Å². The van der Waals surface area contributed by atoms with Crippen molar-refractivity contribution in [1.29, 1.82) is 5.26 Å². The quantitative estimate of drug-likeness (QED) is 0.630. The van der Waals surface area contributed by atoms with Crippen molar-refractivity contribution in [3.05, 3.63) is 58.5 Å². The molecule has 0 unspecified atom stereocenters. The predicted molar refractivity (Wildman–Crippen MR) is 118 cm³/mol. The van der Waals surface area contributed by atoms with Crippen LogP contribution in [0.5, 0.6) is 0 Å². The lowest BCUT2D eigenvalue weighted by atomic mass is 9.98. The number of nitriles is 1. The van der Waals surface area contributed by atoms with Gasteiger partial charge >= 0.3 is 0 Å². The molecule has 1 saturated heterocycles. The Kier molecular flexibility index (Phi) is 5.54. The van der Waals surface area contributed by atoms with Crippen LogP contribution in [-0.2, 0) is 0 Å². The van der Waals surface area contributed by atoms with Crippen molar-refractivity contribution in [3.8, 4) is 6.07 Å². The average molecular weight is 404 g/mol.